The molecule has 21 atom stereocenters. The minimum absolute atomic E-state index is 0.0303. The molecule has 21 unspecified atom stereocenters. The molecule has 6 aliphatic heterocycles. The highest BCUT2D eigenvalue weighted by Crippen LogP contribution is 2.42. The maximum Gasteiger partial charge on any atom is 0.202 e. The highest BCUT2D eigenvalue weighted by atomic mass is 16.8. The fraction of sp³-hybridized carbons (Fsp3) is 0.673. The highest BCUT2D eigenvalue weighted by Gasteiger charge is 2.47. The normalized spacial score (nSPS) is 40.9. The van der Waals surface area contributed by atoms with Crippen LogP contribution >= 0.6 is 0 Å². The van der Waals surface area contributed by atoms with E-state index in [-0.39, 0.29) is 77.1 Å². The van der Waals surface area contributed by atoms with Gasteiger partial charge in [-0.1, -0.05) is 24.3 Å². The zero-order valence-electron chi connectivity index (χ0n) is 43.0. The quantitative estimate of drug-likeness (QED) is 0.120. The lowest BCUT2D eigenvalue weighted by Gasteiger charge is -2.45. The Balaban J connectivity index is 0.684. The second-order valence-electron chi connectivity index (χ2n) is 21.3. The first kappa shape index (κ1) is 53.6. The summed E-state index contributed by atoms with van der Waals surface area (Å²) < 4.78 is 74.9. The Kier molecular flexibility index (Phi) is 16.2. The van der Waals surface area contributed by atoms with Gasteiger partial charge < -0.3 is 82.4 Å². The number of carbonyl (C=O) groups excluding carboxylic acids is 2. The fourth-order valence-corrected chi connectivity index (χ4v) is 11.6. The van der Waals surface area contributed by atoms with Crippen molar-refractivity contribution in [2.45, 2.75) is 236 Å². The molecule has 0 aromatic heterocycles. The van der Waals surface area contributed by atoms with Crippen LogP contribution in [-0.4, -0.2) is 166 Å². The molecule has 3 aromatic rings. The van der Waals surface area contributed by atoms with Gasteiger partial charge in [-0.2, -0.15) is 0 Å². The number of fused-ring (bicyclic) bond motifs is 4. The molecular formula is C55H72O19. The molecule has 1 aliphatic carbocycles. The van der Waals surface area contributed by atoms with Crippen molar-refractivity contribution in [1.82, 2.24) is 0 Å². The SMILES string of the molecule is Cc1cc(O)c2c3c(ccc2c1)C(=O)c1c(OC2CC(O)C(OC4CC(OC5CCC(OC6CCC(OC7CC(OC8CCC(O)C(C)O8)C(O)C(C)O7)C(C)O6)C(C)O5)C(O)C(C)O4)C(C)O2)cccc1C3=O. The minimum atomic E-state index is -1.08. The molecule has 74 heavy (non-hydrogen) atoms. The summed E-state index contributed by atoms with van der Waals surface area (Å²) in [6.07, 6.45) is -9.33. The molecule has 6 fully saturated rings. The van der Waals surface area contributed by atoms with Crippen molar-refractivity contribution in [3.63, 3.8) is 0 Å². The van der Waals surface area contributed by atoms with Gasteiger partial charge in [0.1, 0.15) is 29.8 Å². The zero-order chi connectivity index (χ0) is 52.3. The Morgan fingerprint density at radius 1 is 0.486 bits per heavy atom. The number of hydrogen-bond donors (Lipinski definition) is 5. The predicted octanol–water partition coefficient (Wildman–Crippen LogP) is 5.36. The Morgan fingerprint density at radius 3 is 1.59 bits per heavy atom. The third-order valence-electron chi connectivity index (χ3n) is 15.8. The summed E-state index contributed by atoms with van der Waals surface area (Å²) >= 11 is 0. The average molecular weight is 1040 g/mol. The van der Waals surface area contributed by atoms with E-state index in [0.29, 0.717) is 55.7 Å². The molecule has 0 saturated carbocycles. The van der Waals surface area contributed by atoms with Gasteiger partial charge in [0.05, 0.1) is 78.8 Å². The lowest BCUT2D eigenvalue weighted by molar-refractivity contribution is -0.333. The molecule has 7 aliphatic rings. The van der Waals surface area contributed by atoms with E-state index in [1.807, 2.05) is 33.8 Å². The summed E-state index contributed by atoms with van der Waals surface area (Å²) in [6, 6.07) is 11.5. The second kappa shape index (κ2) is 22.3. The van der Waals surface area contributed by atoms with E-state index in [4.69, 9.17) is 56.8 Å². The molecule has 0 spiro atoms. The van der Waals surface area contributed by atoms with Gasteiger partial charge in [0.25, 0.3) is 0 Å². The number of carbonyl (C=O) groups is 2. The zero-order valence-corrected chi connectivity index (χ0v) is 43.0. The third kappa shape index (κ3) is 11.2. The van der Waals surface area contributed by atoms with Gasteiger partial charge in [-0.05, 0) is 96.9 Å². The van der Waals surface area contributed by atoms with Gasteiger partial charge in [0.15, 0.2) is 43.0 Å². The standard InChI is InChI=1S/C55H72O19/c1-24-19-31-11-12-33-50(48(31)35(57)20-24)54(62)32-9-8-10-39(49(32)53(33)61)71-45-21-36(58)55(30(7)68-45)74-47-23-41(52(60)29(6)67-47)73-44-18-14-37(26(3)65-44)69-43-17-15-38(27(4)64-43)70-46-22-40(51(59)28(5)66-46)72-42-16-13-34(56)25(2)63-42/h8-12,19-20,25-30,34,36-38,40-47,51-52,55-60H,13-18,21-23H2,1-7H3. The van der Waals surface area contributed by atoms with E-state index >= 15 is 0 Å². The van der Waals surface area contributed by atoms with Crippen LogP contribution in [0, 0.1) is 6.92 Å². The molecule has 406 valence electrons. The maximum atomic E-state index is 14.1. The molecule has 0 bridgehead atoms. The van der Waals surface area contributed by atoms with Crippen LogP contribution in [0.1, 0.15) is 137 Å². The van der Waals surface area contributed by atoms with Gasteiger partial charge in [-0.15, -0.1) is 0 Å². The van der Waals surface area contributed by atoms with Gasteiger partial charge in [-0.25, -0.2) is 0 Å². The minimum Gasteiger partial charge on any atom is -0.507 e. The van der Waals surface area contributed by atoms with Gasteiger partial charge >= 0.3 is 0 Å². The molecule has 6 saturated heterocycles. The van der Waals surface area contributed by atoms with Crippen LogP contribution < -0.4 is 4.74 Å². The molecular weight excluding hydrogens is 965 g/mol. The van der Waals surface area contributed by atoms with E-state index in [2.05, 4.69) is 0 Å². The summed E-state index contributed by atoms with van der Waals surface area (Å²) in [6.45, 7) is 12.8. The number of rotatable bonds is 12. The number of phenols is 1. The molecule has 19 nitrogen and oxygen atoms in total. The molecule has 0 amide bonds. The van der Waals surface area contributed by atoms with Crippen LogP contribution in [0.3, 0.4) is 0 Å². The number of aromatic hydroxyl groups is 1. The summed E-state index contributed by atoms with van der Waals surface area (Å²) in [7, 11) is 0. The van der Waals surface area contributed by atoms with Crippen LogP contribution in [0.2, 0.25) is 0 Å². The number of ketones is 2. The summed E-state index contributed by atoms with van der Waals surface area (Å²) in [5.74, 6) is -0.792. The largest absolute Gasteiger partial charge is 0.507 e. The van der Waals surface area contributed by atoms with Crippen LogP contribution in [0.25, 0.3) is 10.8 Å². The van der Waals surface area contributed by atoms with Crippen molar-refractivity contribution in [3.8, 4) is 11.5 Å². The summed E-state index contributed by atoms with van der Waals surface area (Å²) in [4.78, 5) is 28.1. The van der Waals surface area contributed by atoms with E-state index in [0.717, 1.165) is 5.56 Å². The summed E-state index contributed by atoms with van der Waals surface area (Å²) in [5.41, 5.74) is 1.34. The van der Waals surface area contributed by atoms with E-state index in [1.54, 1.807) is 57.2 Å². The van der Waals surface area contributed by atoms with E-state index in [9.17, 15) is 35.1 Å². The van der Waals surface area contributed by atoms with Gasteiger partial charge in [-0.3, -0.25) is 9.59 Å². The van der Waals surface area contributed by atoms with Crippen LogP contribution in [-0.2, 0) is 52.1 Å². The Bertz CT molecular complexity index is 2480. The van der Waals surface area contributed by atoms with Crippen LogP contribution in [0.5, 0.6) is 11.5 Å². The van der Waals surface area contributed by atoms with Crippen molar-refractivity contribution in [3.05, 3.63) is 70.3 Å². The smallest absolute Gasteiger partial charge is 0.202 e. The highest BCUT2D eigenvalue weighted by molar-refractivity contribution is 6.33. The second-order valence-corrected chi connectivity index (χ2v) is 21.3. The van der Waals surface area contributed by atoms with Crippen molar-refractivity contribution in [2.24, 2.45) is 0 Å². The lowest BCUT2D eigenvalue weighted by atomic mass is 9.81. The van der Waals surface area contributed by atoms with Crippen molar-refractivity contribution >= 4 is 22.3 Å². The number of phenolic OH excluding ortho intramolecular Hbond substituents is 1. The lowest BCUT2D eigenvalue weighted by Crippen LogP contribution is -2.55. The van der Waals surface area contributed by atoms with Crippen LogP contribution in [0.4, 0.5) is 0 Å². The van der Waals surface area contributed by atoms with Crippen molar-refractivity contribution in [1.29, 1.82) is 0 Å². The topological polar surface area (TPSA) is 246 Å². The molecule has 5 N–H and O–H groups in total. The van der Waals surface area contributed by atoms with Crippen molar-refractivity contribution < 1.29 is 92.0 Å². The van der Waals surface area contributed by atoms with E-state index in [1.165, 1.54) is 0 Å². The average Bonchev–Trinajstić information content (AvgIpc) is 3.35. The Morgan fingerprint density at radius 2 is 1.00 bits per heavy atom. The van der Waals surface area contributed by atoms with Crippen LogP contribution in [0.15, 0.2) is 42.5 Å². The monoisotopic (exact) mass is 1040 g/mol. The van der Waals surface area contributed by atoms with Gasteiger partial charge in [0, 0.05) is 60.6 Å². The number of benzene rings is 3. The number of aryl methyl sites for hydroxylation is 1. The number of ether oxygens (including phenoxy) is 12. The number of hydrogen-bond acceptors (Lipinski definition) is 19. The molecule has 0 radical (unpaired) electrons. The Hall–Kier alpha value is -3.74. The van der Waals surface area contributed by atoms with E-state index < -0.39 is 110 Å². The molecule has 19 heteroatoms. The predicted molar refractivity (Wildman–Crippen MR) is 260 cm³/mol. The molecule has 10 rings (SSSR count). The first-order chi connectivity index (χ1) is 35.4. The fourth-order valence-electron chi connectivity index (χ4n) is 11.6. The van der Waals surface area contributed by atoms with Crippen molar-refractivity contribution in [2.75, 3.05) is 0 Å². The summed E-state index contributed by atoms with van der Waals surface area (Å²) in [5, 5.41) is 55.5. The Labute approximate surface area is 430 Å². The number of aliphatic hydroxyl groups is 4. The third-order valence-corrected chi connectivity index (χ3v) is 15.8. The molecule has 6 heterocycles. The first-order valence-electron chi connectivity index (χ1n) is 26.5. The van der Waals surface area contributed by atoms with Gasteiger partial charge in [0.2, 0.25) is 6.29 Å². The first-order valence-corrected chi connectivity index (χ1v) is 26.5. The number of aliphatic hydroxyl groups excluding tert-OH is 4. The maximum absolute atomic E-state index is 14.1. The molecule has 3 aromatic carbocycles.